The van der Waals surface area contributed by atoms with Gasteiger partial charge in [0.2, 0.25) is 0 Å². The molecule has 0 aliphatic carbocycles. The highest BCUT2D eigenvalue weighted by molar-refractivity contribution is 8.04. The Balaban J connectivity index is 3.00. The van der Waals surface area contributed by atoms with Crippen molar-refractivity contribution in [3.8, 4) is 0 Å². The first-order chi connectivity index (χ1) is 8.02. The molecule has 17 heavy (non-hydrogen) atoms. The van der Waals surface area contributed by atoms with Crippen molar-refractivity contribution in [3.05, 3.63) is 24.3 Å². The van der Waals surface area contributed by atoms with Crippen LogP contribution in [0.4, 0.5) is 0 Å². The van der Waals surface area contributed by atoms with Gasteiger partial charge in [-0.25, -0.2) is 8.42 Å². The second kappa shape index (κ2) is 6.12. The number of hydrogen-bond acceptors (Lipinski definition) is 3. The molecule has 0 fully saturated rings. The summed E-state index contributed by atoms with van der Waals surface area (Å²) in [7, 11) is -1.94. The molecule has 0 N–H and O–H groups in total. The fourth-order valence-corrected chi connectivity index (χ4v) is 3.30. The Labute approximate surface area is 104 Å². The van der Waals surface area contributed by atoms with Gasteiger partial charge in [0.1, 0.15) is 0 Å². The maximum atomic E-state index is 12.3. The van der Waals surface area contributed by atoms with Gasteiger partial charge in [0, 0.05) is 20.1 Å². The lowest BCUT2D eigenvalue weighted by Gasteiger charge is -2.21. The van der Waals surface area contributed by atoms with Crippen LogP contribution in [0.2, 0.25) is 0 Å². The molecule has 0 aromatic rings. The van der Waals surface area contributed by atoms with Gasteiger partial charge in [-0.05, 0) is 25.3 Å². The summed E-state index contributed by atoms with van der Waals surface area (Å²) in [5.74, 6) is 0.340. The van der Waals surface area contributed by atoms with Crippen molar-refractivity contribution in [1.82, 2.24) is 4.31 Å². The van der Waals surface area contributed by atoms with Crippen LogP contribution < -0.4 is 0 Å². The van der Waals surface area contributed by atoms with Gasteiger partial charge in [-0.2, -0.15) is 4.31 Å². The number of allylic oxidation sites excluding steroid dienone is 2. The minimum atomic E-state index is -3.45. The average Bonchev–Trinajstić information content (AvgIpc) is 2.50. The van der Waals surface area contributed by atoms with E-state index >= 15 is 0 Å². The maximum absolute atomic E-state index is 12.3. The van der Waals surface area contributed by atoms with E-state index in [-0.39, 0.29) is 5.04 Å². The van der Waals surface area contributed by atoms with Crippen LogP contribution in [-0.4, -0.2) is 37.9 Å². The molecule has 1 unspecified atom stereocenters. The first-order valence-corrected chi connectivity index (χ1v) is 7.21. The van der Waals surface area contributed by atoms with Crippen LogP contribution in [-0.2, 0) is 10.0 Å². The zero-order chi connectivity index (χ0) is 12.9. The Morgan fingerprint density at radius 1 is 1.47 bits per heavy atom. The van der Waals surface area contributed by atoms with Gasteiger partial charge in [0.05, 0.1) is 0 Å². The van der Waals surface area contributed by atoms with Crippen LogP contribution >= 0.6 is 0 Å². The molecule has 0 aromatic carbocycles. The number of hydrogen-bond donors (Lipinski definition) is 0. The third-order valence-electron chi connectivity index (χ3n) is 2.66. The number of sulfonamides is 1. The molecule has 1 rings (SSSR count). The highest BCUT2D eigenvalue weighted by Crippen LogP contribution is 2.15. The normalized spacial score (nSPS) is 24.2. The van der Waals surface area contributed by atoms with Crippen LogP contribution in [0, 0.1) is 5.92 Å². The minimum Gasteiger partial charge on any atom is -0.276 e. The molecule has 0 saturated heterocycles. The summed E-state index contributed by atoms with van der Waals surface area (Å²) in [4.78, 5) is 3.86. The van der Waals surface area contributed by atoms with Crippen molar-refractivity contribution >= 4 is 15.1 Å². The summed E-state index contributed by atoms with van der Waals surface area (Å²) < 4.78 is 26.1. The predicted molar refractivity (Wildman–Crippen MR) is 71.6 cm³/mol. The van der Waals surface area contributed by atoms with E-state index in [1.54, 1.807) is 13.0 Å². The SMILES string of the molecule is C/C=C\C(=NC)S(=O)(=O)N1CC=CCC(C)C1. The van der Waals surface area contributed by atoms with Crippen molar-refractivity contribution in [2.45, 2.75) is 20.3 Å². The van der Waals surface area contributed by atoms with Crippen LogP contribution in [0.1, 0.15) is 20.3 Å². The van der Waals surface area contributed by atoms with Gasteiger partial charge in [-0.1, -0.05) is 25.2 Å². The van der Waals surface area contributed by atoms with E-state index in [2.05, 4.69) is 11.9 Å². The summed E-state index contributed by atoms with van der Waals surface area (Å²) in [6, 6.07) is 0. The lowest BCUT2D eigenvalue weighted by atomic mass is 10.1. The van der Waals surface area contributed by atoms with Crippen LogP contribution in [0.5, 0.6) is 0 Å². The summed E-state index contributed by atoms with van der Waals surface area (Å²) >= 11 is 0. The molecular formula is C12H20N2O2S. The number of aliphatic imine (C=N–C) groups is 1. The molecule has 1 aliphatic rings. The molecule has 1 aliphatic heterocycles. The van der Waals surface area contributed by atoms with Gasteiger partial charge in [0.25, 0.3) is 10.0 Å². The summed E-state index contributed by atoms with van der Waals surface area (Å²) in [6.45, 7) is 4.82. The van der Waals surface area contributed by atoms with Crippen molar-refractivity contribution in [3.63, 3.8) is 0 Å². The predicted octanol–water partition coefficient (Wildman–Crippen LogP) is 1.82. The van der Waals surface area contributed by atoms with Gasteiger partial charge in [0.15, 0.2) is 5.04 Å². The molecule has 0 bridgehead atoms. The van der Waals surface area contributed by atoms with Crippen LogP contribution in [0.3, 0.4) is 0 Å². The molecule has 5 heteroatoms. The van der Waals surface area contributed by atoms with Gasteiger partial charge in [-0.3, -0.25) is 4.99 Å². The Bertz CT molecular complexity index is 435. The highest BCUT2D eigenvalue weighted by Gasteiger charge is 2.27. The van der Waals surface area contributed by atoms with Gasteiger partial charge in [-0.15, -0.1) is 0 Å². The zero-order valence-corrected chi connectivity index (χ0v) is 11.4. The zero-order valence-electron chi connectivity index (χ0n) is 10.6. The largest absolute Gasteiger partial charge is 0.276 e. The second-order valence-electron chi connectivity index (χ2n) is 4.20. The van der Waals surface area contributed by atoms with Crippen LogP contribution in [0.15, 0.2) is 29.3 Å². The van der Waals surface area contributed by atoms with E-state index in [9.17, 15) is 8.42 Å². The standard InChI is InChI=1S/C12H20N2O2S/c1-4-7-12(13-3)17(15,16)14-9-6-5-8-11(2)10-14/h4-7,11H,8-10H2,1-3H3/b7-4-,13-12?. The Kier molecular flexibility index (Phi) is 5.08. The van der Waals surface area contributed by atoms with E-state index in [1.807, 2.05) is 12.2 Å². The maximum Gasteiger partial charge on any atom is 0.260 e. The molecule has 0 saturated carbocycles. The molecule has 1 heterocycles. The Morgan fingerprint density at radius 3 is 2.76 bits per heavy atom. The second-order valence-corrected chi connectivity index (χ2v) is 6.08. The smallest absolute Gasteiger partial charge is 0.260 e. The fraction of sp³-hybridized carbons (Fsp3) is 0.583. The van der Waals surface area contributed by atoms with E-state index in [0.29, 0.717) is 19.0 Å². The third kappa shape index (κ3) is 3.51. The number of nitrogens with zero attached hydrogens (tertiary/aromatic N) is 2. The van der Waals surface area contributed by atoms with Crippen molar-refractivity contribution in [1.29, 1.82) is 0 Å². The van der Waals surface area contributed by atoms with Crippen molar-refractivity contribution in [2.24, 2.45) is 10.9 Å². The first kappa shape index (κ1) is 14.1. The van der Waals surface area contributed by atoms with Crippen molar-refractivity contribution in [2.75, 3.05) is 20.1 Å². The molecule has 96 valence electrons. The molecule has 0 aromatic heterocycles. The van der Waals surface area contributed by atoms with Crippen molar-refractivity contribution < 1.29 is 8.42 Å². The number of rotatable bonds is 2. The molecule has 0 radical (unpaired) electrons. The molecule has 0 amide bonds. The molecule has 1 atom stereocenters. The summed E-state index contributed by atoms with van der Waals surface area (Å²) in [5, 5.41) is 0.127. The Hall–Kier alpha value is -0.940. The first-order valence-electron chi connectivity index (χ1n) is 5.77. The lowest BCUT2D eigenvalue weighted by molar-refractivity contribution is 0.395. The highest BCUT2D eigenvalue weighted by atomic mass is 32.2. The lowest BCUT2D eigenvalue weighted by Crippen LogP contribution is -2.37. The van der Waals surface area contributed by atoms with E-state index in [1.165, 1.54) is 17.4 Å². The monoisotopic (exact) mass is 256 g/mol. The van der Waals surface area contributed by atoms with E-state index in [0.717, 1.165) is 6.42 Å². The molecular weight excluding hydrogens is 236 g/mol. The minimum absolute atomic E-state index is 0.127. The topological polar surface area (TPSA) is 49.7 Å². The summed E-state index contributed by atoms with van der Waals surface area (Å²) in [5.41, 5.74) is 0. The van der Waals surface area contributed by atoms with Crippen LogP contribution in [0.25, 0.3) is 0 Å². The Morgan fingerprint density at radius 2 is 2.18 bits per heavy atom. The quantitative estimate of drug-likeness (QED) is 0.430. The molecule has 0 spiro atoms. The summed E-state index contributed by atoms with van der Waals surface area (Å²) in [6.07, 6.45) is 8.10. The third-order valence-corrected chi connectivity index (χ3v) is 4.49. The van der Waals surface area contributed by atoms with E-state index in [4.69, 9.17) is 0 Å². The van der Waals surface area contributed by atoms with E-state index < -0.39 is 10.0 Å². The average molecular weight is 256 g/mol. The van der Waals surface area contributed by atoms with Gasteiger partial charge < -0.3 is 0 Å². The molecule has 4 nitrogen and oxygen atoms in total. The van der Waals surface area contributed by atoms with Gasteiger partial charge >= 0.3 is 0 Å². The fourth-order valence-electron chi connectivity index (χ4n) is 1.76.